The number of carbonyl (C=O) groups excluding carboxylic acids is 2. The number of hydrogen-bond acceptors (Lipinski definition) is 3. The summed E-state index contributed by atoms with van der Waals surface area (Å²) >= 11 is 0. The molecule has 0 aliphatic heterocycles. The van der Waals surface area contributed by atoms with Gasteiger partial charge in [0.1, 0.15) is 17.6 Å². The van der Waals surface area contributed by atoms with Gasteiger partial charge in [-0.2, -0.15) is 0 Å². The van der Waals surface area contributed by atoms with Gasteiger partial charge in [-0.25, -0.2) is 4.39 Å². The Balaban J connectivity index is 1.60. The standard InChI is InChI=1S/C30H33FN2O3/c31-25-18-16-24(17-19-25)21-33(29(34)22-36-27-14-8-3-9-15-27)28(20-23-10-4-1-5-11-23)30(35)32-26-12-6-2-7-13-26/h1,3-5,8-11,14-19,26,28H,2,6-7,12-13,20-22H2,(H,32,35). The molecule has 3 aromatic rings. The highest BCUT2D eigenvalue weighted by Gasteiger charge is 2.32. The summed E-state index contributed by atoms with van der Waals surface area (Å²) in [6.45, 7) is -0.0277. The third kappa shape index (κ3) is 7.41. The lowest BCUT2D eigenvalue weighted by Gasteiger charge is -2.33. The quantitative estimate of drug-likeness (QED) is 0.422. The van der Waals surface area contributed by atoms with E-state index >= 15 is 0 Å². The molecule has 0 bridgehead atoms. The molecule has 0 heterocycles. The minimum Gasteiger partial charge on any atom is -0.484 e. The lowest BCUT2D eigenvalue weighted by Crippen LogP contribution is -2.53. The molecule has 0 aromatic heterocycles. The molecule has 36 heavy (non-hydrogen) atoms. The molecule has 4 rings (SSSR count). The van der Waals surface area contributed by atoms with E-state index in [2.05, 4.69) is 5.32 Å². The molecule has 6 heteroatoms. The van der Waals surface area contributed by atoms with Gasteiger partial charge in [0, 0.05) is 19.0 Å². The van der Waals surface area contributed by atoms with Crippen molar-refractivity contribution in [2.75, 3.05) is 6.61 Å². The summed E-state index contributed by atoms with van der Waals surface area (Å²) in [5.41, 5.74) is 1.70. The molecule has 1 fully saturated rings. The van der Waals surface area contributed by atoms with Crippen molar-refractivity contribution < 1.29 is 18.7 Å². The molecule has 0 radical (unpaired) electrons. The number of nitrogens with zero attached hydrogens (tertiary/aromatic N) is 1. The number of halogens is 1. The van der Waals surface area contributed by atoms with E-state index in [1.165, 1.54) is 18.6 Å². The zero-order chi connectivity index (χ0) is 25.2. The third-order valence-electron chi connectivity index (χ3n) is 6.59. The van der Waals surface area contributed by atoms with Gasteiger partial charge in [-0.05, 0) is 48.2 Å². The molecule has 0 spiro atoms. The van der Waals surface area contributed by atoms with Crippen LogP contribution in [-0.2, 0) is 22.6 Å². The second-order valence-corrected chi connectivity index (χ2v) is 9.30. The summed E-state index contributed by atoms with van der Waals surface area (Å²) in [6.07, 6.45) is 5.65. The lowest BCUT2D eigenvalue weighted by atomic mass is 9.94. The Kier molecular flexibility index (Phi) is 9.09. The molecule has 5 nitrogen and oxygen atoms in total. The summed E-state index contributed by atoms with van der Waals surface area (Å²) in [7, 11) is 0. The van der Waals surface area contributed by atoms with Crippen LogP contribution in [-0.4, -0.2) is 35.4 Å². The third-order valence-corrected chi connectivity index (χ3v) is 6.59. The van der Waals surface area contributed by atoms with Crippen LogP contribution in [0.1, 0.15) is 43.2 Å². The molecule has 0 saturated heterocycles. The van der Waals surface area contributed by atoms with Gasteiger partial charge in [0.25, 0.3) is 5.91 Å². The topological polar surface area (TPSA) is 58.6 Å². The molecular weight excluding hydrogens is 455 g/mol. The fraction of sp³-hybridized carbons (Fsp3) is 0.333. The molecular formula is C30H33FN2O3. The van der Waals surface area contributed by atoms with Crippen LogP contribution in [0.3, 0.4) is 0 Å². The maximum absolute atomic E-state index is 13.7. The lowest BCUT2D eigenvalue weighted by molar-refractivity contribution is -0.143. The van der Waals surface area contributed by atoms with E-state index in [9.17, 15) is 14.0 Å². The fourth-order valence-corrected chi connectivity index (χ4v) is 4.63. The van der Waals surface area contributed by atoms with Crippen LogP contribution in [0.2, 0.25) is 0 Å². The van der Waals surface area contributed by atoms with Crippen LogP contribution >= 0.6 is 0 Å². The highest BCUT2D eigenvalue weighted by Crippen LogP contribution is 2.20. The van der Waals surface area contributed by atoms with E-state index < -0.39 is 6.04 Å². The first-order chi connectivity index (χ1) is 17.6. The fourth-order valence-electron chi connectivity index (χ4n) is 4.63. The van der Waals surface area contributed by atoms with Crippen LogP contribution in [0.15, 0.2) is 84.9 Å². The van der Waals surface area contributed by atoms with Crippen molar-refractivity contribution >= 4 is 11.8 Å². The minimum atomic E-state index is -0.730. The van der Waals surface area contributed by atoms with Gasteiger partial charge >= 0.3 is 0 Å². The summed E-state index contributed by atoms with van der Waals surface area (Å²) in [5.74, 6) is -0.234. The molecule has 1 saturated carbocycles. The Morgan fingerprint density at radius 2 is 1.50 bits per heavy atom. The highest BCUT2D eigenvalue weighted by atomic mass is 19.1. The van der Waals surface area contributed by atoms with E-state index in [-0.39, 0.29) is 36.8 Å². The summed E-state index contributed by atoms with van der Waals surface area (Å²) in [6, 6.07) is 24.2. The normalized spacial score (nSPS) is 14.6. The van der Waals surface area contributed by atoms with Crippen LogP contribution in [0.25, 0.3) is 0 Å². The molecule has 1 aliphatic rings. The highest BCUT2D eigenvalue weighted by molar-refractivity contribution is 5.88. The molecule has 1 N–H and O–H groups in total. The first-order valence-electron chi connectivity index (χ1n) is 12.6. The Morgan fingerprint density at radius 3 is 2.17 bits per heavy atom. The van der Waals surface area contributed by atoms with Gasteiger partial charge in [0.15, 0.2) is 6.61 Å². The Hall–Kier alpha value is -3.67. The van der Waals surface area contributed by atoms with Crippen molar-refractivity contribution in [3.63, 3.8) is 0 Å². The second-order valence-electron chi connectivity index (χ2n) is 9.30. The number of rotatable bonds is 10. The zero-order valence-corrected chi connectivity index (χ0v) is 20.4. The largest absolute Gasteiger partial charge is 0.484 e. The van der Waals surface area contributed by atoms with Crippen LogP contribution in [0.4, 0.5) is 4.39 Å². The molecule has 3 aromatic carbocycles. The Labute approximate surface area is 212 Å². The number of hydrogen-bond donors (Lipinski definition) is 1. The molecule has 188 valence electrons. The van der Waals surface area contributed by atoms with Crippen molar-refractivity contribution in [2.45, 2.75) is 57.2 Å². The van der Waals surface area contributed by atoms with E-state index in [4.69, 9.17) is 4.74 Å². The number of benzene rings is 3. The van der Waals surface area contributed by atoms with Gasteiger partial charge in [-0.1, -0.05) is 79.9 Å². The predicted molar refractivity (Wildman–Crippen MR) is 138 cm³/mol. The number of ether oxygens (including phenoxy) is 1. The van der Waals surface area contributed by atoms with E-state index in [1.807, 2.05) is 48.5 Å². The first kappa shape index (κ1) is 25.4. The summed E-state index contributed by atoms with van der Waals surface area (Å²) < 4.78 is 19.3. The Bertz CT molecular complexity index is 1100. The van der Waals surface area contributed by atoms with Crippen molar-refractivity contribution in [3.05, 3.63) is 102 Å². The number of nitrogens with one attached hydrogen (secondary N) is 1. The number of carbonyl (C=O) groups is 2. The molecule has 1 unspecified atom stereocenters. The average Bonchev–Trinajstić information content (AvgIpc) is 2.92. The van der Waals surface area contributed by atoms with E-state index in [0.717, 1.165) is 36.8 Å². The van der Waals surface area contributed by atoms with Crippen molar-refractivity contribution in [1.82, 2.24) is 10.2 Å². The minimum absolute atomic E-state index is 0.118. The summed E-state index contributed by atoms with van der Waals surface area (Å²) in [4.78, 5) is 28.8. The maximum Gasteiger partial charge on any atom is 0.261 e. The van der Waals surface area contributed by atoms with Crippen molar-refractivity contribution in [2.24, 2.45) is 0 Å². The van der Waals surface area contributed by atoms with Crippen LogP contribution in [0, 0.1) is 5.82 Å². The maximum atomic E-state index is 13.7. The smallest absolute Gasteiger partial charge is 0.261 e. The SMILES string of the molecule is O=C(NC1CCCCC1)C(Cc1ccccc1)N(Cc1ccc(F)cc1)C(=O)COc1ccccc1. The molecule has 2 amide bonds. The van der Waals surface area contributed by atoms with Crippen molar-refractivity contribution in [3.8, 4) is 5.75 Å². The first-order valence-corrected chi connectivity index (χ1v) is 12.6. The van der Waals surface area contributed by atoms with E-state index in [0.29, 0.717) is 12.2 Å². The predicted octanol–water partition coefficient (Wildman–Crippen LogP) is 5.29. The van der Waals surface area contributed by atoms with Crippen LogP contribution in [0.5, 0.6) is 5.75 Å². The Morgan fingerprint density at radius 1 is 0.861 bits per heavy atom. The monoisotopic (exact) mass is 488 g/mol. The van der Waals surface area contributed by atoms with Gasteiger partial charge < -0.3 is 15.0 Å². The van der Waals surface area contributed by atoms with Gasteiger partial charge in [-0.3, -0.25) is 9.59 Å². The van der Waals surface area contributed by atoms with Gasteiger partial charge in [-0.15, -0.1) is 0 Å². The number of para-hydroxylation sites is 1. The molecule has 1 aliphatic carbocycles. The zero-order valence-electron chi connectivity index (χ0n) is 20.4. The average molecular weight is 489 g/mol. The molecule has 1 atom stereocenters. The van der Waals surface area contributed by atoms with E-state index in [1.54, 1.807) is 29.2 Å². The number of amides is 2. The summed E-state index contributed by atoms with van der Waals surface area (Å²) in [5, 5.41) is 3.21. The van der Waals surface area contributed by atoms with Gasteiger partial charge in [0.2, 0.25) is 5.91 Å². The van der Waals surface area contributed by atoms with Gasteiger partial charge in [0.05, 0.1) is 0 Å². The second kappa shape index (κ2) is 12.9. The van der Waals surface area contributed by atoms with Crippen molar-refractivity contribution in [1.29, 1.82) is 0 Å². The van der Waals surface area contributed by atoms with Crippen LogP contribution < -0.4 is 10.1 Å².